The van der Waals surface area contributed by atoms with E-state index in [1.54, 1.807) is 0 Å². The monoisotopic (exact) mass is 429 g/mol. The van der Waals surface area contributed by atoms with Gasteiger partial charge in [0.15, 0.2) is 5.96 Å². The highest BCUT2D eigenvalue weighted by Gasteiger charge is 2.24. The normalized spacial score (nSPS) is 12.0. The summed E-state index contributed by atoms with van der Waals surface area (Å²) in [4.78, 5) is 4.54. The van der Waals surface area contributed by atoms with Gasteiger partial charge in [-0.25, -0.2) is 0 Å². The molecule has 0 unspecified atom stereocenters. The predicted octanol–water partition coefficient (Wildman–Crippen LogP) is 2.92. The molecule has 0 saturated carbocycles. The largest absolute Gasteiger partial charge is 0.388 e. The third-order valence-corrected chi connectivity index (χ3v) is 3.27. The Morgan fingerprint density at radius 1 is 1.09 bits per heavy atom. The highest BCUT2D eigenvalue weighted by Crippen LogP contribution is 2.19. The second-order valence-corrected chi connectivity index (χ2v) is 5.40. The van der Waals surface area contributed by atoms with Crippen LogP contribution in [0.25, 0.3) is 0 Å². The first-order valence-corrected chi connectivity index (χ1v) is 8.44. The van der Waals surface area contributed by atoms with Gasteiger partial charge in [0.2, 0.25) is 0 Å². The van der Waals surface area contributed by atoms with Gasteiger partial charge >= 0.3 is 0 Å². The second-order valence-electron chi connectivity index (χ2n) is 5.40. The summed E-state index contributed by atoms with van der Waals surface area (Å²) in [5.41, 5.74) is -0.669. The molecule has 0 atom stereocenters. The molecule has 0 aromatic carbocycles. The fourth-order valence-corrected chi connectivity index (χ4v) is 2.31. The summed E-state index contributed by atoms with van der Waals surface area (Å²) in [6.07, 6.45) is 4.50. The van der Waals surface area contributed by atoms with Crippen LogP contribution in [0, 0.1) is 0 Å². The summed E-state index contributed by atoms with van der Waals surface area (Å²) in [7, 11) is 0. The van der Waals surface area contributed by atoms with Crippen LogP contribution in [0.5, 0.6) is 0 Å². The zero-order chi connectivity index (χ0) is 16.0. The molecular formula is C16H36IN3O2. The number of aliphatic hydroxyl groups is 1. The molecule has 0 aliphatic heterocycles. The number of guanidine groups is 1. The van der Waals surface area contributed by atoms with E-state index in [1.165, 1.54) is 0 Å². The summed E-state index contributed by atoms with van der Waals surface area (Å²) in [5, 5.41) is 17.1. The number of nitrogens with one attached hydrogen (secondary N) is 2. The molecular weight excluding hydrogens is 393 g/mol. The summed E-state index contributed by atoms with van der Waals surface area (Å²) >= 11 is 0. The number of nitrogens with zero attached hydrogens (tertiary/aromatic N) is 1. The van der Waals surface area contributed by atoms with Crippen molar-refractivity contribution in [2.45, 2.75) is 65.4 Å². The Balaban J connectivity index is 0. The van der Waals surface area contributed by atoms with E-state index in [1.807, 2.05) is 13.8 Å². The molecule has 0 saturated heterocycles. The van der Waals surface area contributed by atoms with E-state index in [-0.39, 0.29) is 24.0 Å². The molecule has 0 aromatic heterocycles. The molecule has 0 aliphatic rings. The lowest BCUT2D eigenvalue weighted by atomic mass is 9.93. The van der Waals surface area contributed by atoms with Gasteiger partial charge in [0.25, 0.3) is 0 Å². The quantitative estimate of drug-likeness (QED) is 0.193. The molecule has 3 N–H and O–H groups in total. The van der Waals surface area contributed by atoms with Crippen molar-refractivity contribution in [1.82, 2.24) is 10.6 Å². The molecule has 0 amide bonds. The van der Waals surface area contributed by atoms with Gasteiger partial charge < -0.3 is 20.5 Å². The molecule has 0 fully saturated rings. The average Bonchev–Trinajstić information content (AvgIpc) is 2.45. The lowest BCUT2D eigenvalue weighted by Crippen LogP contribution is -2.40. The highest BCUT2D eigenvalue weighted by atomic mass is 127. The molecule has 0 bridgehead atoms. The molecule has 6 heteroatoms. The van der Waals surface area contributed by atoms with Crippen molar-refractivity contribution in [3.63, 3.8) is 0 Å². The molecule has 134 valence electrons. The number of hydrogen-bond acceptors (Lipinski definition) is 3. The van der Waals surface area contributed by atoms with E-state index >= 15 is 0 Å². The van der Waals surface area contributed by atoms with Crippen molar-refractivity contribution < 1.29 is 9.84 Å². The molecule has 0 rings (SSSR count). The SMILES string of the molecule is CCCC(O)(CCC)CN=C(NCC)NCCCOCC.I. The first-order valence-electron chi connectivity index (χ1n) is 8.44. The van der Waals surface area contributed by atoms with Crippen molar-refractivity contribution in [2.24, 2.45) is 4.99 Å². The van der Waals surface area contributed by atoms with Crippen molar-refractivity contribution in [2.75, 3.05) is 32.8 Å². The topological polar surface area (TPSA) is 65.9 Å². The Hall–Kier alpha value is -0.0800. The van der Waals surface area contributed by atoms with E-state index < -0.39 is 5.60 Å². The summed E-state index contributed by atoms with van der Waals surface area (Å²) in [6.45, 7) is 11.9. The van der Waals surface area contributed by atoms with Crippen LogP contribution in [0.2, 0.25) is 0 Å². The van der Waals surface area contributed by atoms with Crippen LogP contribution in [0.15, 0.2) is 4.99 Å². The Kier molecular flexibility index (Phi) is 17.4. The van der Waals surface area contributed by atoms with Crippen LogP contribution >= 0.6 is 24.0 Å². The van der Waals surface area contributed by atoms with E-state index in [0.717, 1.165) is 64.4 Å². The maximum atomic E-state index is 10.6. The fraction of sp³-hybridized carbons (Fsp3) is 0.938. The predicted molar refractivity (Wildman–Crippen MR) is 105 cm³/mol. The van der Waals surface area contributed by atoms with Crippen LogP contribution in [-0.4, -0.2) is 49.5 Å². The second kappa shape index (κ2) is 15.8. The van der Waals surface area contributed by atoms with E-state index in [2.05, 4.69) is 29.5 Å². The number of hydrogen-bond donors (Lipinski definition) is 3. The van der Waals surface area contributed by atoms with Crippen LogP contribution in [0.4, 0.5) is 0 Å². The third kappa shape index (κ3) is 12.5. The van der Waals surface area contributed by atoms with Crippen molar-refractivity contribution in [3.8, 4) is 0 Å². The summed E-state index contributed by atoms with van der Waals surface area (Å²) < 4.78 is 5.31. The molecule has 22 heavy (non-hydrogen) atoms. The van der Waals surface area contributed by atoms with Crippen molar-refractivity contribution in [1.29, 1.82) is 0 Å². The molecule has 0 aromatic rings. The van der Waals surface area contributed by atoms with Crippen molar-refractivity contribution >= 4 is 29.9 Å². The summed E-state index contributed by atoms with van der Waals surface area (Å²) in [6, 6.07) is 0. The van der Waals surface area contributed by atoms with E-state index in [9.17, 15) is 5.11 Å². The van der Waals surface area contributed by atoms with Gasteiger partial charge in [-0.2, -0.15) is 0 Å². The Bertz CT molecular complexity index is 270. The number of rotatable bonds is 12. The standard InChI is InChI=1S/C16H35N3O2.HI/c1-5-10-16(20,11-6-2)14-19-15(17-7-3)18-12-9-13-21-8-4;/h20H,5-14H2,1-4H3,(H2,17,18,19);1H. The summed E-state index contributed by atoms with van der Waals surface area (Å²) in [5.74, 6) is 0.777. The lowest BCUT2D eigenvalue weighted by Gasteiger charge is -2.26. The van der Waals surface area contributed by atoms with Gasteiger partial charge in [-0.05, 0) is 33.1 Å². The van der Waals surface area contributed by atoms with Crippen LogP contribution < -0.4 is 10.6 Å². The maximum absolute atomic E-state index is 10.6. The highest BCUT2D eigenvalue weighted by molar-refractivity contribution is 14.0. The average molecular weight is 429 g/mol. The maximum Gasteiger partial charge on any atom is 0.191 e. The number of aliphatic imine (C=N–C) groups is 1. The zero-order valence-electron chi connectivity index (χ0n) is 14.8. The Morgan fingerprint density at radius 2 is 1.73 bits per heavy atom. The first kappa shape index (κ1) is 24.2. The lowest BCUT2D eigenvalue weighted by molar-refractivity contribution is 0.0306. The van der Waals surface area contributed by atoms with Gasteiger partial charge in [-0.3, -0.25) is 4.99 Å². The molecule has 0 spiro atoms. The van der Waals surface area contributed by atoms with Gasteiger partial charge in [0.05, 0.1) is 12.1 Å². The number of halogens is 1. The van der Waals surface area contributed by atoms with Gasteiger partial charge in [0.1, 0.15) is 0 Å². The minimum absolute atomic E-state index is 0. The third-order valence-electron chi connectivity index (χ3n) is 3.27. The first-order chi connectivity index (χ1) is 10.1. The van der Waals surface area contributed by atoms with E-state index in [4.69, 9.17) is 4.74 Å². The molecule has 0 aliphatic carbocycles. The van der Waals surface area contributed by atoms with Crippen LogP contribution in [-0.2, 0) is 4.74 Å². The van der Waals surface area contributed by atoms with Crippen molar-refractivity contribution in [3.05, 3.63) is 0 Å². The minimum Gasteiger partial charge on any atom is -0.388 e. The molecule has 5 nitrogen and oxygen atoms in total. The molecule has 0 heterocycles. The van der Waals surface area contributed by atoms with E-state index in [0.29, 0.717) is 6.54 Å². The van der Waals surface area contributed by atoms with Gasteiger partial charge in [-0.1, -0.05) is 26.7 Å². The van der Waals surface area contributed by atoms with Crippen LogP contribution in [0.1, 0.15) is 59.8 Å². The van der Waals surface area contributed by atoms with Crippen LogP contribution in [0.3, 0.4) is 0 Å². The number of ether oxygens (including phenoxy) is 1. The zero-order valence-corrected chi connectivity index (χ0v) is 17.1. The van der Waals surface area contributed by atoms with Gasteiger partial charge in [0, 0.05) is 26.3 Å². The minimum atomic E-state index is -0.669. The van der Waals surface area contributed by atoms with Gasteiger partial charge in [-0.15, -0.1) is 24.0 Å². The smallest absolute Gasteiger partial charge is 0.191 e. The molecule has 0 radical (unpaired) electrons. The Labute approximate surface area is 153 Å². The fourth-order valence-electron chi connectivity index (χ4n) is 2.31. The Morgan fingerprint density at radius 3 is 2.23 bits per heavy atom.